The van der Waals surface area contributed by atoms with E-state index in [1.165, 1.54) is 0 Å². The molecular formula is C26H30N2O5. The predicted molar refractivity (Wildman–Crippen MR) is 125 cm³/mol. The first-order valence-electron chi connectivity index (χ1n) is 11.0. The van der Waals surface area contributed by atoms with E-state index in [1.807, 2.05) is 60.8 Å². The van der Waals surface area contributed by atoms with Crippen LogP contribution in [0.25, 0.3) is 10.9 Å². The van der Waals surface area contributed by atoms with Gasteiger partial charge in [-0.25, -0.2) is 4.79 Å². The largest absolute Gasteiger partial charge is 0.460 e. The summed E-state index contributed by atoms with van der Waals surface area (Å²) in [5.41, 5.74) is 2.07. The number of H-pyrrole nitrogens is 1. The Labute approximate surface area is 193 Å². The zero-order valence-electron chi connectivity index (χ0n) is 19.2. The lowest BCUT2D eigenvalue weighted by atomic mass is 10.0. The van der Waals surface area contributed by atoms with E-state index >= 15 is 0 Å². The van der Waals surface area contributed by atoms with Crippen molar-refractivity contribution in [1.82, 2.24) is 10.3 Å². The van der Waals surface area contributed by atoms with Gasteiger partial charge in [-0.1, -0.05) is 48.5 Å². The van der Waals surface area contributed by atoms with Crippen LogP contribution in [0, 0.1) is 0 Å². The average Bonchev–Trinajstić information content (AvgIpc) is 3.18. The van der Waals surface area contributed by atoms with Gasteiger partial charge in [0.25, 0.3) is 0 Å². The molecule has 0 saturated carbocycles. The topological polar surface area (TPSA) is 97.5 Å². The maximum absolute atomic E-state index is 12.9. The number of fused-ring (bicyclic) bond motifs is 1. The molecule has 1 amide bonds. The van der Waals surface area contributed by atoms with Gasteiger partial charge in [0.15, 0.2) is 0 Å². The summed E-state index contributed by atoms with van der Waals surface area (Å²) in [6.45, 7) is 5.42. The number of carbonyl (C=O) groups excluding carboxylic acids is 3. The molecule has 7 heteroatoms. The summed E-state index contributed by atoms with van der Waals surface area (Å²) in [4.78, 5) is 40.6. The molecule has 0 radical (unpaired) electrons. The summed E-state index contributed by atoms with van der Waals surface area (Å²) >= 11 is 0. The Balaban J connectivity index is 1.67. The Bertz CT molecular complexity index is 1100. The Morgan fingerprint density at radius 1 is 0.970 bits per heavy atom. The summed E-state index contributed by atoms with van der Waals surface area (Å²) in [6, 6.07) is 16.2. The molecule has 3 aromatic rings. The zero-order chi connectivity index (χ0) is 23.8. The van der Waals surface area contributed by atoms with Crippen LogP contribution in [-0.2, 0) is 36.9 Å². The quantitative estimate of drug-likeness (QED) is 0.479. The van der Waals surface area contributed by atoms with Crippen LogP contribution < -0.4 is 5.32 Å². The Hall–Kier alpha value is -3.61. The van der Waals surface area contributed by atoms with Crippen LogP contribution in [0.4, 0.5) is 0 Å². The van der Waals surface area contributed by atoms with Crippen molar-refractivity contribution in [2.24, 2.45) is 0 Å². The van der Waals surface area contributed by atoms with Gasteiger partial charge in [0.2, 0.25) is 5.91 Å². The van der Waals surface area contributed by atoms with E-state index in [2.05, 4.69) is 10.3 Å². The van der Waals surface area contributed by atoms with Crippen LogP contribution in [0.15, 0.2) is 60.8 Å². The molecule has 1 heterocycles. The Morgan fingerprint density at radius 2 is 1.67 bits per heavy atom. The number of carbonyl (C=O) groups is 3. The highest BCUT2D eigenvalue weighted by Crippen LogP contribution is 2.20. The van der Waals surface area contributed by atoms with Gasteiger partial charge in [0.05, 0.1) is 6.42 Å². The van der Waals surface area contributed by atoms with Gasteiger partial charge in [0.1, 0.15) is 18.2 Å². The highest BCUT2D eigenvalue weighted by molar-refractivity contribution is 5.88. The molecule has 2 N–H and O–H groups in total. The molecule has 0 aliphatic carbocycles. The minimum atomic E-state index is -0.890. The van der Waals surface area contributed by atoms with Crippen LogP contribution in [0.3, 0.4) is 0 Å². The zero-order valence-corrected chi connectivity index (χ0v) is 19.2. The summed E-state index contributed by atoms with van der Waals surface area (Å²) in [5.74, 6) is -1.41. The van der Waals surface area contributed by atoms with Crippen LogP contribution in [0.5, 0.6) is 0 Å². The Kier molecular flexibility index (Phi) is 7.87. The fraction of sp³-hybridized carbons (Fsp3) is 0.346. The third-order valence-corrected chi connectivity index (χ3v) is 4.92. The minimum Gasteiger partial charge on any atom is -0.460 e. The first-order valence-corrected chi connectivity index (χ1v) is 11.0. The number of benzene rings is 2. The summed E-state index contributed by atoms with van der Waals surface area (Å²) in [5, 5.41) is 3.71. The maximum atomic E-state index is 12.9. The number of amides is 1. The first-order chi connectivity index (χ1) is 15.7. The van der Waals surface area contributed by atoms with Gasteiger partial charge in [-0.15, -0.1) is 0 Å². The minimum absolute atomic E-state index is 0.0675. The molecule has 1 atom stereocenters. The molecule has 0 fully saturated rings. The van der Waals surface area contributed by atoms with E-state index in [-0.39, 0.29) is 25.9 Å². The lowest BCUT2D eigenvalue weighted by molar-refractivity contribution is -0.155. The standard InChI is InChI=1S/C26H30N2O5/c1-26(2,3)33-24(30)14-13-23(29)28-22(25(31)32-17-18-9-5-4-6-10-18)15-19-16-27-21-12-8-7-11-20(19)21/h4-12,16,22,27H,13-15,17H2,1-3H3,(H,28,29)/t22-/m0/s1. The molecule has 3 rings (SSSR count). The number of rotatable bonds is 9. The van der Waals surface area contributed by atoms with Crippen molar-refractivity contribution in [3.05, 3.63) is 71.9 Å². The van der Waals surface area contributed by atoms with Crippen molar-refractivity contribution < 1.29 is 23.9 Å². The third kappa shape index (κ3) is 7.49. The second-order valence-electron chi connectivity index (χ2n) is 8.86. The number of esters is 2. The summed E-state index contributed by atoms with van der Waals surface area (Å²) < 4.78 is 10.7. The molecule has 174 valence electrons. The molecule has 2 aromatic carbocycles. The van der Waals surface area contributed by atoms with Crippen molar-refractivity contribution in [3.63, 3.8) is 0 Å². The average molecular weight is 451 g/mol. The van der Waals surface area contributed by atoms with Gasteiger partial charge >= 0.3 is 11.9 Å². The Morgan fingerprint density at radius 3 is 2.39 bits per heavy atom. The maximum Gasteiger partial charge on any atom is 0.329 e. The molecule has 0 bridgehead atoms. The van der Waals surface area contributed by atoms with E-state index in [4.69, 9.17) is 9.47 Å². The second kappa shape index (κ2) is 10.8. The van der Waals surface area contributed by atoms with Gasteiger partial charge in [-0.3, -0.25) is 9.59 Å². The van der Waals surface area contributed by atoms with E-state index in [0.717, 1.165) is 22.0 Å². The highest BCUT2D eigenvalue weighted by Gasteiger charge is 2.25. The number of hydrogen-bond acceptors (Lipinski definition) is 5. The molecule has 33 heavy (non-hydrogen) atoms. The number of para-hydroxylation sites is 1. The molecule has 0 unspecified atom stereocenters. The molecule has 0 aliphatic rings. The summed E-state index contributed by atoms with van der Waals surface area (Å²) in [7, 11) is 0. The van der Waals surface area contributed by atoms with Crippen molar-refractivity contribution in [3.8, 4) is 0 Å². The molecule has 0 spiro atoms. The SMILES string of the molecule is CC(C)(C)OC(=O)CCC(=O)N[C@@H](Cc1c[nH]c2ccccc12)C(=O)OCc1ccccc1. The number of ether oxygens (including phenoxy) is 2. The van der Waals surface area contributed by atoms with Gasteiger partial charge in [-0.2, -0.15) is 0 Å². The first kappa shape index (κ1) is 24.0. The van der Waals surface area contributed by atoms with Gasteiger partial charge < -0.3 is 19.8 Å². The van der Waals surface area contributed by atoms with Gasteiger partial charge in [-0.05, 0) is 38.0 Å². The summed E-state index contributed by atoms with van der Waals surface area (Å²) in [6.07, 6.45) is 1.94. The van der Waals surface area contributed by atoms with E-state index < -0.39 is 29.5 Å². The van der Waals surface area contributed by atoms with Crippen LogP contribution in [0.2, 0.25) is 0 Å². The lowest BCUT2D eigenvalue weighted by Crippen LogP contribution is -2.43. The van der Waals surface area contributed by atoms with Crippen LogP contribution in [-0.4, -0.2) is 34.5 Å². The highest BCUT2D eigenvalue weighted by atomic mass is 16.6. The molecule has 7 nitrogen and oxygen atoms in total. The second-order valence-corrected chi connectivity index (χ2v) is 8.86. The van der Waals surface area contributed by atoms with Crippen molar-refractivity contribution in [2.75, 3.05) is 0 Å². The monoisotopic (exact) mass is 450 g/mol. The third-order valence-electron chi connectivity index (χ3n) is 4.92. The van der Waals surface area contributed by atoms with E-state index in [0.29, 0.717) is 0 Å². The van der Waals surface area contributed by atoms with E-state index in [1.54, 1.807) is 20.8 Å². The molecule has 0 aliphatic heterocycles. The normalized spacial score (nSPS) is 12.2. The molecule has 1 aromatic heterocycles. The lowest BCUT2D eigenvalue weighted by Gasteiger charge is -2.20. The number of nitrogens with one attached hydrogen (secondary N) is 2. The molecular weight excluding hydrogens is 420 g/mol. The van der Waals surface area contributed by atoms with Gasteiger partial charge in [0, 0.05) is 29.9 Å². The van der Waals surface area contributed by atoms with Crippen LogP contribution in [0.1, 0.15) is 44.7 Å². The van der Waals surface area contributed by atoms with Crippen molar-refractivity contribution >= 4 is 28.7 Å². The predicted octanol–water partition coefficient (Wildman–Crippen LogP) is 4.06. The smallest absolute Gasteiger partial charge is 0.329 e. The fourth-order valence-corrected chi connectivity index (χ4v) is 3.42. The fourth-order valence-electron chi connectivity index (χ4n) is 3.42. The van der Waals surface area contributed by atoms with Crippen molar-refractivity contribution in [2.45, 2.75) is 58.3 Å². The van der Waals surface area contributed by atoms with E-state index in [9.17, 15) is 14.4 Å². The molecule has 0 saturated heterocycles. The van der Waals surface area contributed by atoms with Crippen LogP contribution >= 0.6 is 0 Å². The number of hydrogen-bond donors (Lipinski definition) is 2. The van der Waals surface area contributed by atoms with Crippen molar-refractivity contribution in [1.29, 1.82) is 0 Å². The number of aromatic nitrogens is 1. The number of aromatic amines is 1.